The SMILES string of the molecule is C=CCN1CCC(CC(=O)Cc2cc(Cl)c(N)cc2OC)CC1.Cl. The lowest BCUT2D eigenvalue weighted by atomic mass is 9.90. The van der Waals surface area contributed by atoms with Crippen LogP contribution in [0.15, 0.2) is 24.8 Å². The molecule has 0 spiro atoms. The first-order chi connectivity index (χ1) is 11.0. The van der Waals surface area contributed by atoms with Crippen molar-refractivity contribution in [1.29, 1.82) is 0 Å². The molecule has 1 saturated heterocycles. The lowest BCUT2D eigenvalue weighted by Crippen LogP contribution is -2.34. The first-order valence-electron chi connectivity index (χ1n) is 8.00. The number of nitrogens with zero attached hydrogens (tertiary/aromatic N) is 1. The molecule has 1 heterocycles. The van der Waals surface area contributed by atoms with Gasteiger partial charge in [-0.1, -0.05) is 17.7 Å². The Labute approximate surface area is 155 Å². The molecule has 0 unspecified atom stereocenters. The summed E-state index contributed by atoms with van der Waals surface area (Å²) in [6.07, 6.45) is 5.03. The van der Waals surface area contributed by atoms with Crippen LogP contribution in [-0.2, 0) is 11.2 Å². The average molecular weight is 373 g/mol. The number of carbonyl (C=O) groups is 1. The van der Waals surface area contributed by atoms with Crippen molar-refractivity contribution in [2.75, 3.05) is 32.5 Å². The third-order valence-electron chi connectivity index (χ3n) is 4.40. The number of carbonyl (C=O) groups excluding carboxylic acids is 1. The molecule has 4 nitrogen and oxygen atoms in total. The summed E-state index contributed by atoms with van der Waals surface area (Å²) in [5.41, 5.74) is 7.05. The van der Waals surface area contributed by atoms with E-state index < -0.39 is 0 Å². The van der Waals surface area contributed by atoms with Crippen molar-refractivity contribution in [2.45, 2.75) is 25.7 Å². The Balaban J connectivity index is 0.00000288. The van der Waals surface area contributed by atoms with Crippen LogP contribution < -0.4 is 10.5 Å². The van der Waals surface area contributed by atoms with Gasteiger partial charge in [0.2, 0.25) is 0 Å². The maximum Gasteiger partial charge on any atom is 0.137 e. The van der Waals surface area contributed by atoms with E-state index >= 15 is 0 Å². The first-order valence-corrected chi connectivity index (χ1v) is 8.38. The summed E-state index contributed by atoms with van der Waals surface area (Å²) in [6.45, 7) is 6.79. The van der Waals surface area contributed by atoms with E-state index in [2.05, 4.69) is 11.5 Å². The van der Waals surface area contributed by atoms with E-state index in [1.165, 1.54) is 0 Å². The van der Waals surface area contributed by atoms with Crippen molar-refractivity contribution in [3.63, 3.8) is 0 Å². The third kappa shape index (κ3) is 5.69. The number of anilines is 1. The molecule has 0 saturated carbocycles. The Hall–Kier alpha value is -1.23. The van der Waals surface area contributed by atoms with Crippen LogP contribution in [0.4, 0.5) is 5.69 Å². The summed E-state index contributed by atoms with van der Waals surface area (Å²) in [5, 5.41) is 0.464. The number of Topliss-reactive ketones (excluding diaryl/α,β-unsaturated/α-hetero) is 1. The fraction of sp³-hybridized carbons (Fsp3) is 0.500. The van der Waals surface area contributed by atoms with Crippen LogP contribution in [0.25, 0.3) is 0 Å². The zero-order chi connectivity index (χ0) is 16.8. The number of hydrogen-bond acceptors (Lipinski definition) is 4. The van der Waals surface area contributed by atoms with Gasteiger partial charge in [0, 0.05) is 31.0 Å². The number of likely N-dealkylation sites (tertiary alicyclic amines) is 1. The molecule has 0 aromatic heterocycles. The summed E-state index contributed by atoms with van der Waals surface area (Å²) in [6, 6.07) is 3.42. The topological polar surface area (TPSA) is 55.6 Å². The molecular weight excluding hydrogens is 347 g/mol. The highest BCUT2D eigenvalue weighted by molar-refractivity contribution is 6.33. The molecule has 6 heteroatoms. The van der Waals surface area contributed by atoms with Gasteiger partial charge in [-0.3, -0.25) is 9.69 Å². The predicted molar refractivity (Wildman–Crippen MR) is 102 cm³/mol. The summed E-state index contributed by atoms with van der Waals surface area (Å²) < 4.78 is 5.31. The summed E-state index contributed by atoms with van der Waals surface area (Å²) in [4.78, 5) is 14.8. The number of rotatable bonds is 7. The summed E-state index contributed by atoms with van der Waals surface area (Å²) in [7, 11) is 1.58. The molecule has 1 fully saturated rings. The number of nitrogens with two attached hydrogens (primary N) is 1. The molecule has 0 amide bonds. The van der Waals surface area contributed by atoms with Crippen LogP contribution in [0.5, 0.6) is 5.75 Å². The number of hydrogen-bond donors (Lipinski definition) is 1. The van der Waals surface area contributed by atoms with Crippen molar-refractivity contribution in [3.8, 4) is 5.75 Å². The van der Waals surface area contributed by atoms with Gasteiger partial charge in [0.25, 0.3) is 0 Å². The molecule has 2 rings (SSSR count). The molecule has 0 aliphatic carbocycles. The Morgan fingerprint density at radius 2 is 2.12 bits per heavy atom. The number of ether oxygens (including phenoxy) is 1. The number of halogens is 2. The van der Waals surface area contributed by atoms with E-state index in [0.29, 0.717) is 35.2 Å². The van der Waals surface area contributed by atoms with Crippen molar-refractivity contribution >= 4 is 35.5 Å². The van der Waals surface area contributed by atoms with E-state index in [9.17, 15) is 4.79 Å². The van der Waals surface area contributed by atoms with Gasteiger partial charge in [0.15, 0.2) is 0 Å². The van der Waals surface area contributed by atoms with Crippen LogP contribution in [-0.4, -0.2) is 37.4 Å². The molecule has 2 N–H and O–H groups in total. The van der Waals surface area contributed by atoms with Crippen LogP contribution >= 0.6 is 24.0 Å². The Morgan fingerprint density at radius 1 is 1.46 bits per heavy atom. The van der Waals surface area contributed by atoms with E-state index in [1.54, 1.807) is 19.2 Å². The fourth-order valence-corrected chi connectivity index (χ4v) is 3.29. The number of piperidine rings is 1. The average Bonchev–Trinajstić information content (AvgIpc) is 2.53. The van der Waals surface area contributed by atoms with E-state index in [4.69, 9.17) is 22.1 Å². The van der Waals surface area contributed by atoms with Gasteiger partial charge in [-0.2, -0.15) is 0 Å². The molecule has 1 aromatic carbocycles. The minimum absolute atomic E-state index is 0. The number of ketones is 1. The highest BCUT2D eigenvalue weighted by Gasteiger charge is 2.21. The lowest BCUT2D eigenvalue weighted by Gasteiger charge is -2.30. The van der Waals surface area contributed by atoms with E-state index in [-0.39, 0.29) is 18.2 Å². The standard InChI is InChI=1S/C18H25ClN2O2.ClH/c1-3-6-21-7-4-13(5-8-21)9-15(22)10-14-11-16(19)17(20)12-18(14)23-2;/h3,11-13H,1,4-10,20H2,2H3;1H. The number of methoxy groups -OCH3 is 1. The molecule has 0 radical (unpaired) electrons. The zero-order valence-corrected chi connectivity index (χ0v) is 15.7. The zero-order valence-electron chi connectivity index (χ0n) is 14.1. The fourth-order valence-electron chi connectivity index (χ4n) is 3.10. The van der Waals surface area contributed by atoms with Crippen LogP contribution in [0.3, 0.4) is 0 Å². The lowest BCUT2D eigenvalue weighted by molar-refractivity contribution is -0.119. The van der Waals surface area contributed by atoms with Crippen LogP contribution in [0.1, 0.15) is 24.8 Å². The van der Waals surface area contributed by atoms with E-state index in [0.717, 1.165) is 38.0 Å². The minimum atomic E-state index is 0. The second-order valence-corrected chi connectivity index (χ2v) is 6.55. The molecule has 1 aromatic rings. The summed E-state index contributed by atoms with van der Waals surface area (Å²) in [5.74, 6) is 1.33. The largest absolute Gasteiger partial charge is 0.496 e. The van der Waals surface area contributed by atoms with Crippen molar-refractivity contribution in [3.05, 3.63) is 35.4 Å². The van der Waals surface area contributed by atoms with Gasteiger partial charge in [0.1, 0.15) is 11.5 Å². The summed E-state index contributed by atoms with van der Waals surface area (Å²) >= 11 is 6.06. The second-order valence-electron chi connectivity index (χ2n) is 6.14. The second kappa shape index (κ2) is 9.92. The normalized spacial score (nSPS) is 15.6. The maximum absolute atomic E-state index is 12.4. The quantitative estimate of drug-likeness (QED) is 0.584. The van der Waals surface area contributed by atoms with Crippen LogP contribution in [0, 0.1) is 5.92 Å². The van der Waals surface area contributed by atoms with Gasteiger partial charge >= 0.3 is 0 Å². The molecule has 1 aliphatic heterocycles. The van der Waals surface area contributed by atoms with E-state index in [1.807, 2.05) is 6.08 Å². The molecule has 134 valence electrons. The molecular formula is C18H26Cl2N2O2. The maximum atomic E-state index is 12.4. The third-order valence-corrected chi connectivity index (χ3v) is 4.73. The van der Waals surface area contributed by atoms with Crippen molar-refractivity contribution < 1.29 is 9.53 Å². The van der Waals surface area contributed by atoms with Crippen molar-refractivity contribution in [2.24, 2.45) is 5.92 Å². The minimum Gasteiger partial charge on any atom is -0.496 e. The highest BCUT2D eigenvalue weighted by atomic mass is 35.5. The monoisotopic (exact) mass is 372 g/mol. The van der Waals surface area contributed by atoms with Gasteiger partial charge < -0.3 is 10.5 Å². The Morgan fingerprint density at radius 3 is 2.71 bits per heavy atom. The Bertz CT molecular complexity index is 570. The highest BCUT2D eigenvalue weighted by Crippen LogP contribution is 2.30. The van der Waals surface area contributed by atoms with Gasteiger partial charge in [0.05, 0.1) is 17.8 Å². The molecule has 24 heavy (non-hydrogen) atoms. The molecule has 1 aliphatic rings. The Kier molecular flexibility index (Phi) is 8.60. The molecule has 0 atom stereocenters. The van der Waals surface area contributed by atoms with Gasteiger partial charge in [-0.05, 0) is 37.9 Å². The first kappa shape index (κ1) is 20.8. The van der Waals surface area contributed by atoms with Gasteiger partial charge in [-0.15, -0.1) is 19.0 Å². The number of nitrogen functional groups attached to an aromatic ring is 1. The van der Waals surface area contributed by atoms with Crippen molar-refractivity contribution in [1.82, 2.24) is 4.90 Å². The number of benzene rings is 1. The van der Waals surface area contributed by atoms with Gasteiger partial charge in [-0.25, -0.2) is 0 Å². The smallest absolute Gasteiger partial charge is 0.137 e. The van der Waals surface area contributed by atoms with Crippen LogP contribution in [0.2, 0.25) is 5.02 Å². The predicted octanol–water partition coefficient (Wildman–Crippen LogP) is 3.75. The molecule has 0 bridgehead atoms.